The third-order valence-corrected chi connectivity index (χ3v) is 3.03. The summed E-state index contributed by atoms with van der Waals surface area (Å²) in [7, 11) is 0. The minimum absolute atomic E-state index is 0.190. The predicted molar refractivity (Wildman–Crippen MR) is 66.1 cm³/mol. The third-order valence-electron chi connectivity index (χ3n) is 3.03. The summed E-state index contributed by atoms with van der Waals surface area (Å²) in [5, 5.41) is 8.58. The molecule has 0 spiro atoms. The number of carboxylic acid groups (broad SMARTS) is 1. The average molecular weight is 232 g/mol. The van der Waals surface area contributed by atoms with E-state index in [0.29, 0.717) is 12.8 Å². The number of carbonyl (C=O) groups is 1. The number of benzene rings is 1. The van der Waals surface area contributed by atoms with Crippen molar-refractivity contribution in [2.75, 3.05) is 0 Å². The van der Waals surface area contributed by atoms with E-state index in [0.717, 1.165) is 16.9 Å². The van der Waals surface area contributed by atoms with E-state index in [1.807, 2.05) is 6.07 Å². The van der Waals surface area contributed by atoms with Crippen LogP contribution in [0.25, 0.3) is 11.0 Å². The fourth-order valence-corrected chi connectivity index (χ4v) is 1.89. The van der Waals surface area contributed by atoms with E-state index in [-0.39, 0.29) is 6.42 Å². The second-order valence-electron chi connectivity index (χ2n) is 4.33. The van der Waals surface area contributed by atoms with Gasteiger partial charge in [-0.2, -0.15) is 0 Å². The number of aliphatic carboxylic acids is 1. The van der Waals surface area contributed by atoms with Crippen molar-refractivity contribution in [3.05, 3.63) is 29.1 Å². The molecule has 1 heterocycles. The number of nitrogens with zero attached hydrogens (tertiary/aromatic N) is 1. The fraction of sp³-hybridized carbons (Fsp3) is 0.385. The molecular formula is C13H16N2O2. The van der Waals surface area contributed by atoms with Crippen molar-refractivity contribution >= 4 is 17.0 Å². The molecule has 2 rings (SSSR count). The maximum Gasteiger partial charge on any atom is 0.303 e. The summed E-state index contributed by atoms with van der Waals surface area (Å²) in [6.45, 7) is 4.12. The first kappa shape index (κ1) is 11.6. The van der Waals surface area contributed by atoms with Crippen molar-refractivity contribution in [1.82, 2.24) is 9.97 Å². The molecule has 2 aromatic rings. The highest BCUT2D eigenvalue weighted by atomic mass is 16.4. The molecule has 0 fully saturated rings. The van der Waals surface area contributed by atoms with Gasteiger partial charge in [0, 0.05) is 12.8 Å². The van der Waals surface area contributed by atoms with Gasteiger partial charge in [-0.25, -0.2) is 4.98 Å². The van der Waals surface area contributed by atoms with Crippen molar-refractivity contribution in [3.8, 4) is 0 Å². The zero-order chi connectivity index (χ0) is 12.4. The molecule has 0 unspecified atom stereocenters. The van der Waals surface area contributed by atoms with E-state index in [1.54, 1.807) is 0 Å². The first-order valence-corrected chi connectivity index (χ1v) is 5.74. The second-order valence-corrected chi connectivity index (χ2v) is 4.33. The van der Waals surface area contributed by atoms with E-state index < -0.39 is 5.97 Å². The Balaban J connectivity index is 2.20. The van der Waals surface area contributed by atoms with Crippen molar-refractivity contribution in [1.29, 1.82) is 0 Å². The van der Waals surface area contributed by atoms with E-state index in [4.69, 9.17) is 5.11 Å². The molecule has 17 heavy (non-hydrogen) atoms. The highest BCUT2D eigenvalue weighted by Gasteiger charge is 2.07. The molecule has 0 aliphatic carbocycles. The molecule has 0 amide bonds. The van der Waals surface area contributed by atoms with Gasteiger partial charge in [-0.05, 0) is 37.5 Å². The van der Waals surface area contributed by atoms with Crippen molar-refractivity contribution in [2.45, 2.75) is 33.1 Å². The summed E-state index contributed by atoms with van der Waals surface area (Å²) < 4.78 is 0. The van der Waals surface area contributed by atoms with Gasteiger partial charge in [0.15, 0.2) is 0 Å². The van der Waals surface area contributed by atoms with Gasteiger partial charge in [-0.3, -0.25) is 4.79 Å². The van der Waals surface area contributed by atoms with Crippen molar-refractivity contribution < 1.29 is 9.90 Å². The van der Waals surface area contributed by atoms with Crippen LogP contribution in [0.5, 0.6) is 0 Å². The zero-order valence-electron chi connectivity index (χ0n) is 10.1. The molecule has 90 valence electrons. The van der Waals surface area contributed by atoms with Crippen molar-refractivity contribution in [2.24, 2.45) is 0 Å². The van der Waals surface area contributed by atoms with Crippen LogP contribution in [0, 0.1) is 13.8 Å². The summed E-state index contributed by atoms with van der Waals surface area (Å²) in [5.41, 5.74) is 4.43. The molecule has 0 radical (unpaired) electrons. The summed E-state index contributed by atoms with van der Waals surface area (Å²) in [6, 6.07) is 4.09. The van der Waals surface area contributed by atoms with Crippen LogP contribution in [0.15, 0.2) is 12.1 Å². The smallest absolute Gasteiger partial charge is 0.303 e. The number of hydrogen-bond donors (Lipinski definition) is 2. The Kier molecular flexibility index (Phi) is 3.13. The number of rotatable bonds is 4. The maximum absolute atomic E-state index is 10.4. The lowest BCUT2D eigenvalue weighted by Crippen LogP contribution is -1.96. The first-order valence-electron chi connectivity index (χ1n) is 5.74. The highest BCUT2D eigenvalue weighted by molar-refractivity contribution is 5.79. The SMILES string of the molecule is Cc1ccc2[nH]c(CCCC(=O)O)nc2c1C. The van der Waals surface area contributed by atoms with Gasteiger partial charge >= 0.3 is 5.97 Å². The monoisotopic (exact) mass is 232 g/mol. The standard InChI is InChI=1S/C13H16N2O2/c1-8-6-7-10-13(9(8)2)15-11(14-10)4-3-5-12(16)17/h6-7H,3-5H2,1-2H3,(H,14,15)(H,16,17). The molecule has 1 aromatic heterocycles. The quantitative estimate of drug-likeness (QED) is 0.851. The fourth-order valence-electron chi connectivity index (χ4n) is 1.89. The number of nitrogens with one attached hydrogen (secondary N) is 1. The highest BCUT2D eigenvalue weighted by Crippen LogP contribution is 2.19. The number of aromatic nitrogens is 2. The van der Waals surface area contributed by atoms with Crippen LogP contribution in [-0.2, 0) is 11.2 Å². The lowest BCUT2D eigenvalue weighted by atomic mass is 10.1. The molecular weight excluding hydrogens is 216 g/mol. The number of H-pyrrole nitrogens is 1. The summed E-state index contributed by atoms with van der Waals surface area (Å²) in [6.07, 6.45) is 1.49. The number of hydrogen-bond acceptors (Lipinski definition) is 2. The second kappa shape index (κ2) is 4.57. The normalized spacial score (nSPS) is 10.9. The molecule has 2 N–H and O–H groups in total. The van der Waals surface area contributed by atoms with Crippen LogP contribution < -0.4 is 0 Å². The molecule has 4 heteroatoms. The molecule has 1 aromatic carbocycles. The van der Waals surface area contributed by atoms with Crippen LogP contribution >= 0.6 is 0 Å². The molecule has 0 aliphatic heterocycles. The van der Waals surface area contributed by atoms with E-state index >= 15 is 0 Å². The molecule has 0 saturated carbocycles. The van der Waals surface area contributed by atoms with Gasteiger partial charge in [0.25, 0.3) is 0 Å². The Morgan fingerprint density at radius 2 is 2.18 bits per heavy atom. The Labute approximate surface area is 99.7 Å². The Morgan fingerprint density at radius 3 is 2.88 bits per heavy atom. The maximum atomic E-state index is 10.4. The molecule has 4 nitrogen and oxygen atoms in total. The molecule has 0 atom stereocenters. The Morgan fingerprint density at radius 1 is 1.41 bits per heavy atom. The largest absolute Gasteiger partial charge is 0.481 e. The van der Waals surface area contributed by atoms with Crippen LogP contribution in [-0.4, -0.2) is 21.0 Å². The van der Waals surface area contributed by atoms with Crippen LogP contribution in [0.1, 0.15) is 29.8 Å². The minimum atomic E-state index is -0.756. The van der Waals surface area contributed by atoms with Crippen molar-refractivity contribution in [3.63, 3.8) is 0 Å². The van der Waals surface area contributed by atoms with Crippen LogP contribution in [0.2, 0.25) is 0 Å². The Hall–Kier alpha value is -1.84. The number of carboxylic acids is 1. The van der Waals surface area contributed by atoms with Gasteiger partial charge in [-0.15, -0.1) is 0 Å². The van der Waals surface area contributed by atoms with E-state index in [2.05, 4.69) is 29.9 Å². The summed E-state index contributed by atoms with van der Waals surface area (Å²) in [5.74, 6) is 0.114. The summed E-state index contributed by atoms with van der Waals surface area (Å²) in [4.78, 5) is 18.2. The van der Waals surface area contributed by atoms with Gasteiger partial charge < -0.3 is 10.1 Å². The number of aromatic amines is 1. The number of imidazole rings is 1. The van der Waals surface area contributed by atoms with E-state index in [9.17, 15) is 4.79 Å². The van der Waals surface area contributed by atoms with Gasteiger partial charge in [-0.1, -0.05) is 6.07 Å². The first-order chi connectivity index (χ1) is 8.08. The zero-order valence-corrected chi connectivity index (χ0v) is 10.1. The predicted octanol–water partition coefficient (Wildman–Crippen LogP) is 2.59. The van der Waals surface area contributed by atoms with Crippen LogP contribution in [0.4, 0.5) is 0 Å². The summed E-state index contributed by atoms with van der Waals surface area (Å²) >= 11 is 0. The molecule has 0 saturated heterocycles. The molecule has 0 aliphatic rings. The van der Waals surface area contributed by atoms with Crippen LogP contribution in [0.3, 0.4) is 0 Å². The van der Waals surface area contributed by atoms with E-state index in [1.165, 1.54) is 11.1 Å². The number of aryl methyl sites for hydroxylation is 3. The molecule has 0 bridgehead atoms. The topological polar surface area (TPSA) is 66.0 Å². The Bertz CT molecular complexity index is 558. The number of fused-ring (bicyclic) bond motifs is 1. The minimum Gasteiger partial charge on any atom is -0.481 e. The lowest BCUT2D eigenvalue weighted by molar-refractivity contribution is -0.137. The van der Waals surface area contributed by atoms with Gasteiger partial charge in [0.1, 0.15) is 5.82 Å². The average Bonchev–Trinajstić information content (AvgIpc) is 2.67. The lowest BCUT2D eigenvalue weighted by Gasteiger charge is -1.98. The van der Waals surface area contributed by atoms with Gasteiger partial charge in [0.2, 0.25) is 0 Å². The third kappa shape index (κ3) is 2.46. The van der Waals surface area contributed by atoms with Gasteiger partial charge in [0.05, 0.1) is 11.0 Å².